The maximum Gasteiger partial charge on any atom is 0.267 e. The van der Waals surface area contributed by atoms with Crippen LogP contribution >= 0.6 is 0 Å². The molecule has 0 bridgehead atoms. The summed E-state index contributed by atoms with van der Waals surface area (Å²) in [6, 6.07) is 0. The van der Waals surface area contributed by atoms with Crippen LogP contribution in [0, 0.1) is 23.7 Å². The van der Waals surface area contributed by atoms with Gasteiger partial charge in [-0.3, -0.25) is 8.76 Å². The van der Waals surface area contributed by atoms with Gasteiger partial charge in [0.15, 0.2) is 0 Å². The summed E-state index contributed by atoms with van der Waals surface area (Å²) in [5.41, 5.74) is 0. The molecule has 7 heteroatoms. The van der Waals surface area contributed by atoms with Crippen LogP contribution < -0.4 is 0 Å². The van der Waals surface area contributed by atoms with E-state index in [1.165, 1.54) is 0 Å². The molecule has 3 aliphatic rings. The highest BCUT2D eigenvalue weighted by Crippen LogP contribution is 2.51. The average Bonchev–Trinajstić information content (AvgIpc) is 2.42. The largest absolute Gasteiger partial charge is 0.772 e. The van der Waals surface area contributed by atoms with Gasteiger partial charge in [-0.05, 0) is 75.0 Å². The monoisotopic (exact) mass is 335 g/mol. The van der Waals surface area contributed by atoms with Gasteiger partial charge in [0.25, 0.3) is 10.1 Å². The highest BCUT2D eigenvalue weighted by atomic mass is 32.2. The Morgan fingerprint density at radius 2 is 1.43 bits per heavy atom. The van der Waals surface area contributed by atoms with E-state index in [2.05, 4.69) is 0 Å². The third kappa shape index (κ3) is 3.35. The topological polar surface area (TPSA) is 94.5 Å². The van der Waals surface area contributed by atoms with Crippen molar-refractivity contribution in [3.8, 4) is 0 Å². The predicted octanol–water partition coefficient (Wildman–Crippen LogP) is 2.12. The van der Waals surface area contributed by atoms with E-state index in [-0.39, 0.29) is 5.25 Å². The zero-order valence-electron chi connectivity index (χ0n) is 12.0. The van der Waals surface area contributed by atoms with Crippen molar-refractivity contribution in [3.05, 3.63) is 0 Å². The minimum absolute atomic E-state index is 0.183. The fraction of sp³-hybridized carbons (Fsp3) is 1.00. The SMILES string of the molecule is O=S([O-])C1CCC2CC3CC(S(=O)(=O)O)CCC3CC2C1. The fourth-order valence-corrected chi connectivity index (χ4v) is 6.65. The van der Waals surface area contributed by atoms with E-state index < -0.39 is 26.4 Å². The molecule has 7 unspecified atom stereocenters. The molecule has 0 spiro atoms. The van der Waals surface area contributed by atoms with E-state index in [1.54, 1.807) is 0 Å². The molecule has 0 aliphatic heterocycles. The van der Waals surface area contributed by atoms with E-state index in [9.17, 15) is 21.7 Å². The summed E-state index contributed by atoms with van der Waals surface area (Å²) >= 11 is -1.96. The Bertz CT molecular complexity index is 517. The second-order valence-electron chi connectivity index (χ2n) is 7.16. The first-order valence-corrected chi connectivity index (χ1v) is 10.5. The van der Waals surface area contributed by atoms with Crippen LogP contribution in [0.15, 0.2) is 0 Å². The van der Waals surface area contributed by atoms with E-state index in [0.717, 1.165) is 38.5 Å². The summed E-state index contributed by atoms with van der Waals surface area (Å²) in [5, 5.41) is -0.766. The van der Waals surface area contributed by atoms with Crippen molar-refractivity contribution in [1.82, 2.24) is 0 Å². The Labute approximate surface area is 128 Å². The van der Waals surface area contributed by atoms with Crippen molar-refractivity contribution in [2.24, 2.45) is 23.7 Å². The molecule has 0 radical (unpaired) electrons. The molecule has 3 saturated carbocycles. The van der Waals surface area contributed by atoms with Crippen LogP contribution in [-0.2, 0) is 21.2 Å². The van der Waals surface area contributed by atoms with Gasteiger partial charge >= 0.3 is 0 Å². The average molecular weight is 335 g/mol. The first kappa shape index (κ1) is 15.9. The number of hydrogen-bond acceptors (Lipinski definition) is 4. The Morgan fingerprint density at radius 3 is 2.00 bits per heavy atom. The number of rotatable bonds is 2. The molecule has 122 valence electrons. The quantitative estimate of drug-likeness (QED) is 0.616. The molecule has 0 amide bonds. The first-order valence-electron chi connectivity index (χ1n) is 7.89. The number of hydrogen-bond donors (Lipinski definition) is 1. The lowest BCUT2D eigenvalue weighted by molar-refractivity contribution is 0.0530. The third-order valence-electron chi connectivity index (χ3n) is 6.09. The van der Waals surface area contributed by atoms with Gasteiger partial charge in [0.05, 0.1) is 5.25 Å². The van der Waals surface area contributed by atoms with Crippen LogP contribution in [0.5, 0.6) is 0 Å². The molecule has 3 rings (SSSR count). The zero-order chi connectivity index (χ0) is 15.2. The molecular formula is C14H23O5S2-. The Hall–Kier alpha value is 0.0200. The van der Waals surface area contributed by atoms with Gasteiger partial charge in [-0.1, -0.05) is 11.1 Å². The summed E-state index contributed by atoms with van der Waals surface area (Å²) in [6.45, 7) is 0. The smallest absolute Gasteiger partial charge is 0.267 e. The molecule has 0 aromatic rings. The van der Waals surface area contributed by atoms with Crippen LogP contribution in [0.4, 0.5) is 0 Å². The molecule has 0 aromatic heterocycles. The maximum absolute atomic E-state index is 11.3. The van der Waals surface area contributed by atoms with Gasteiger partial charge in [0, 0.05) is 5.25 Å². The highest BCUT2D eigenvalue weighted by Gasteiger charge is 2.44. The van der Waals surface area contributed by atoms with Crippen LogP contribution in [0.3, 0.4) is 0 Å². The molecular weight excluding hydrogens is 312 g/mol. The van der Waals surface area contributed by atoms with Gasteiger partial charge in [-0.25, -0.2) is 0 Å². The van der Waals surface area contributed by atoms with Crippen LogP contribution in [0.1, 0.15) is 51.4 Å². The normalized spacial score (nSPS) is 45.4. The molecule has 0 saturated heterocycles. The Kier molecular flexibility index (Phi) is 4.47. The van der Waals surface area contributed by atoms with Crippen molar-refractivity contribution in [3.63, 3.8) is 0 Å². The van der Waals surface area contributed by atoms with Crippen LogP contribution in [-0.4, -0.2) is 32.2 Å². The molecule has 5 nitrogen and oxygen atoms in total. The lowest BCUT2D eigenvalue weighted by Gasteiger charge is -2.48. The molecule has 0 heterocycles. The van der Waals surface area contributed by atoms with Gasteiger partial charge in [-0.15, -0.1) is 0 Å². The third-order valence-corrected chi connectivity index (χ3v) is 8.33. The first-order chi connectivity index (χ1) is 9.84. The molecule has 1 N–H and O–H groups in total. The van der Waals surface area contributed by atoms with Gasteiger partial charge in [-0.2, -0.15) is 8.42 Å². The summed E-state index contributed by atoms with van der Waals surface area (Å²) in [5.74, 6) is 1.95. The van der Waals surface area contributed by atoms with Crippen molar-refractivity contribution < 1.29 is 21.7 Å². The lowest BCUT2D eigenvalue weighted by atomic mass is 9.60. The highest BCUT2D eigenvalue weighted by molar-refractivity contribution is 7.86. The molecule has 3 aliphatic carbocycles. The molecule has 21 heavy (non-hydrogen) atoms. The summed E-state index contributed by atoms with van der Waals surface area (Å²) in [4.78, 5) is 0. The summed E-state index contributed by atoms with van der Waals surface area (Å²) in [6.07, 6.45) is 6.52. The minimum atomic E-state index is -3.91. The second-order valence-corrected chi connectivity index (χ2v) is 10.0. The van der Waals surface area contributed by atoms with Gasteiger partial charge < -0.3 is 4.55 Å². The Balaban J connectivity index is 1.66. The van der Waals surface area contributed by atoms with Crippen molar-refractivity contribution in [2.75, 3.05) is 0 Å². The zero-order valence-corrected chi connectivity index (χ0v) is 13.7. The molecule has 7 atom stereocenters. The van der Waals surface area contributed by atoms with Crippen LogP contribution in [0.25, 0.3) is 0 Å². The van der Waals surface area contributed by atoms with E-state index in [1.807, 2.05) is 0 Å². The van der Waals surface area contributed by atoms with Crippen LogP contribution in [0.2, 0.25) is 0 Å². The maximum atomic E-state index is 11.3. The minimum Gasteiger partial charge on any atom is -0.772 e. The van der Waals surface area contributed by atoms with E-state index >= 15 is 0 Å². The number of fused-ring (bicyclic) bond motifs is 2. The fourth-order valence-electron chi connectivity index (χ4n) is 4.99. The second kappa shape index (κ2) is 5.91. The molecule has 0 aromatic carbocycles. The van der Waals surface area contributed by atoms with Gasteiger partial charge in [0.2, 0.25) is 0 Å². The predicted molar refractivity (Wildman–Crippen MR) is 78.9 cm³/mol. The summed E-state index contributed by atoms with van der Waals surface area (Å²) < 4.78 is 54.3. The van der Waals surface area contributed by atoms with Crippen molar-refractivity contribution in [1.29, 1.82) is 0 Å². The van der Waals surface area contributed by atoms with Crippen molar-refractivity contribution in [2.45, 2.75) is 61.9 Å². The van der Waals surface area contributed by atoms with Crippen molar-refractivity contribution >= 4 is 21.2 Å². The summed E-state index contributed by atoms with van der Waals surface area (Å²) in [7, 11) is -3.91. The van der Waals surface area contributed by atoms with E-state index in [4.69, 9.17) is 0 Å². The molecule has 3 fully saturated rings. The standard InChI is InChI=1S/C14H24O5S2/c15-20(16)13-3-1-9-6-12-8-14(21(17,18)19)4-2-10(12)5-11(9)7-13/h9-14H,1-8H2,(H,15,16)(H,17,18,19)/p-1. The van der Waals surface area contributed by atoms with Gasteiger partial charge in [0.1, 0.15) is 0 Å². The van der Waals surface area contributed by atoms with E-state index in [0.29, 0.717) is 36.5 Å². The Morgan fingerprint density at radius 1 is 0.857 bits per heavy atom. The lowest BCUT2D eigenvalue weighted by Crippen LogP contribution is -2.42.